The van der Waals surface area contributed by atoms with Crippen LogP contribution in [0.2, 0.25) is 0 Å². The van der Waals surface area contributed by atoms with Crippen molar-refractivity contribution in [2.45, 2.75) is 65.6 Å². The third-order valence-corrected chi connectivity index (χ3v) is 6.23. The molecule has 0 saturated carbocycles. The molecule has 3 heterocycles. The number of alkyl halides is 2. The molecule has 1 aromatic carbocycles. The largest absolute Gasteiger partial charge is 0.348 e. The van der Waals surface area contributed by atoms with E-state index in [1.54, 1.807) is 22.9 Å². The predicted octanol–water partition coefficient (Wildman–Crippen LogP) is 5.38. The normalized spacial score (nSPS) is 17.5. The Bertz CT molecular complexity index is 1260. The summed E-state index contributed by atoms with van der Waals surface area (Å²) in [5.41, 5.74) is 1.47. The standard InChI is InChI=1S/C26H32F3N5O/c1-17(20-7-5-18(13-21(20)27)15-33-11-9-26(28,29)10-12-33)31-24-30-14-19-6-8-22(35)34(23(19)32-24)16-25(2,3)4/h5-8,13-14,17H,9-12,15-16H2,1-4H3,(H,30,31,32). The summed E-state index contributed by atoms with van der Waals surface area (Å²) >= 11 is 0. The van der Waals surface area contributed by atoms with Crippen LogP contribution in [-0.2, 0) is 13.1 Å². The molecular formula is C26H32F3N5O. The van der Waals surface area contributed by atoms with Gasteiger partial charge in [0, 0.05) is 62.2 Å². The number of aromatic nitrogens is 3. The lowest BCUT2D eigenvalue weighted by atomic mass is 9.97. The Kier molecular flexibility index (Phi) is 6.90. The molecule has 2 aromatic heterocycles. The zero-order valence-electron chi connectivity index (χ0n) is 20.6. The van der Waals surface area contributed by atoms with E-state index < -0.39 is 12.0 Å². The van der Waals surface area contributed by atoms with Crippen molar-refractivity contribution < 1.29 is 13.2 Å². The third kappa shape index (κ3) is 6.20. The van der Waals surface area contributed by atoms with Crippen LogP contribution in [0.1, 0.15) is 57.7 Å². The van der Waals surface area contributed by atoms with E-state index >= 15 is 0 Å². The van der Waals surface area contributed by atoms with Crippen LogP contribution >= 0.6 is 0 Å². The summed E-state index contributed by atoms with van der Waals surface area (Å²) in [4.78, 5) is 23.4. The number of anilines is 1. The zero-order chi connectivity index (χ0) is 25.4. The number of nitrogens with zero attached hydrogens (tertiary/aromatic N) is 4. The van der Waals surface area contributed by atoms with Crippen molar-refractivity contribution in [3.05, 3.63) is 63.8 Å². The van der Waals surface area contributed by atoms with Gasteiger partial charge in [-0.1, -0.05) is 32.9 Å². The van der Waals surface area contributed by atoms with E-state index in [9.17, 15) is 18.0 Å². The zero-order valence-corrected chi connectivity index (χ0v) is 20.6. The van der Waals surface area contributed by atoms with E-state index in [4.69, 9.17) is 0 Å². The lowest BCUT2D eigenvalue weighted by Gasteiger charge is -2.31. The maximum absolute atomic E-state index is 15.0. The van der Waals surface area contributed by atoms with Gasteiger partial charge in [-0.15, -0.1) is 0 Å². The first-order valence-electron chi connectivity index (χ1n) is 11.9. The molecule has 0 radical (unpaired) electrons. The Morgan fingerprint density at radius 1 is 1.14 bits per heavy atom. The molecule has 1 aliphatic heterocycles. The highest BCUT2D eigenvalue weighted by Crippen LogP contribution is 2.29. The molecule has 1 aliphatic rings. The van der Waals surface area contributed by atoms with Gasteiger partial charge in [-0.2, -0.15) is 4.98 Å². The quantitative estimate of drug-likeness (QED) is 0.506. The molecule has 4 rings (SSSR count). The van der Waals surface area contributed by atoms with Crippen LogP contribution in [0, 0.1) is 11.2 Å². The SMILES string of the molecule is CC(Nc1ncc2ccc(=O)n(CC(C)(C)C)c2n1)c1ccc(CN2CCC(F)(F)CC2)cc1F. The monoisotopic (exact) mass is 487 g/mol. The van der Waals surface area contributed by atoms with Crippen molar-refractivity contribution in [1.82, 2.24) is 19.4 Å². The lowest BCUT2D eigenvalue weighted by Crippen LogP contribution is -2.38. The van der Waals surface area contributed by atoms with Gasteiger partial charge in [0.25, 0.3) is 11.5 Å². The van der Waals surface area contributed by atoms with E-state index in [1.165, 1.54) is 12.1 Å². The van der Waals surface area contributed by atoms with Gasteiger partial charge in [0.2, 0.25) is 5.95 Å². The Balaban J connectivity index is 1.50. The van der Waals surface area contributed by atoms with Gasteiger partial charge in [-0.25, -0.2) is 18.2 Å². The van der Waals surface area contributed by atoms with Crippen molar-refractivity contribution in [1.29, 1.82) is 0 Å². The minimum Gasteiger partial charge on any atom is -0.348 e. The van der Waals surface area contributed by atoms with Gasteiger partial charge in [0.1, 0.15) is 11.5 Å². The number of rotatable bonds is 6. The van der Waals surface area contributed by atoms with Crippen molar-refractivity contribution in [3.63, 3.8) is 0 Å². The number of likely N-dealkylation sites (tertiary alicyclic amines) is 1. The first-order valence-corrected chi connectivity index (χ1v) is 11.9. The number of hydrogen-bond acceptors (Lipinski definition) is 5. The number of pyridine rings is 1. The van der Waals surface area contributed by atoms with Gasteiger partial charge in [0.15, 0.2) is 0 Å². The molecule has 1 fully saturated rings. The van der Waals surface area contributed by atoms with Gasteiger partial charge < -0.3 is 5.32 Å². The molecule has 6 nitrogen and oxygen atoms in total. The lowest BCUT2D eigenvalue weighted by molar-refractivity contribution is -0.0566. The summed E-state index contributed by atoms with van der Waals surface area (Å²) < 4.78 is 43.4. The van der Waals surface area contributed by atoms with E-state index in [-0.39, 0.29) is 29.6 Å². The summed E-state index contributed by atoms with van der Waals surface area (Å²) in [5, 5.41) is 3.89. The van der Waals surface area contributed by atoms with E-state index in [1.807, 2.05) is 38.7 Å². The molecule has 0 amide bonds. The van der Waals surface area contributed by atoms with Crippen molar-refractivity contribution in [2.75, 3.05) is 18.4 Å². The number of piperidine rings is 1. The number of nitrogens with one attached hydrogen (secondary N) is 1. The number of benzene rings is 1. The summed E-state index contributed by atoms with van der Waals surface area (Å²) in [7, 11) is 0. The third-order valence-electron chi connectivity index (χ3n) is 6.23. The van der Waals surface area contributed by atoms with Gasteiger partial charge in [0.05, 0.1) is 6.04 Å². The fraction of sp³-hybridized carbons (Fsp3) is 0.500. The maximum Gasteiger partial charge on any atom is 0.252 e. The first-order chi connectivity index (χ1) is 16.4. The first kappa shape index (κ1) is 25.2. The molecule has 1 N–H and O–H groups in total. The van der Waals surface area contributed by atoms with Gasteiger partial charge in [-0.05, 0) is 30.0 Å². The summed E-state index contributed by atoms with van der Waals surface area (Å²) in [6, 6.07) is 7.78. The Labute approximate surface area is 203 Å². The maximum atomic E-state index is 15.0. The smallest absolute Gasteiger partial charge is 0.252 e. The van der Waals surface area contributed by atoms with Crippen molar-refractivity contribution in [2.24, 2.45) is 5.41 Å². The molecule has 1 atom stereocenters. The number of fused-ring (bicyclic) bond motifs is 1. The second-order valence-corrected chi connectivity index (χ2v) is 10.6. The topological polar surface area (TPSA) is 63.1 Å². The van der Waals surface area contributed by atoms with Gasteiger partial charge >= 0.3 is 0 Å². The molecule has 3 aromatic rings. The highest BCUT2D eigenvalue weighted by molar-refractivity contribution is 5.75. The molecular weight excluding hydrogens is 455 g/mol. The minimum atomic E-state index is -2.60. The van der Waals surface area contributed by atoms with E-state index in [0.717, 1.165) is 10.9 Å². The minimum absolute atomic E-state index is 0.121. The highest BCUT2D eigenvalue weighted by Gasteiger charge is 2.33. The van der Waals surface area contributed by atoms with Crippen molar-refractivity contribution >= 4 is 17.0 Å². The Morgan fingerprint density at radius 3 is 2.51 bits per heavy atom. The van der Waals surface area contributed by atoms with E-state index in [2.05, 4.69) is 15.3 Å². The Morgan fingerprint density at radius 2 is 1.86 bits per heavy atom. The highest BCUT2D eigenvalue weighted by atomic mass is 19.3. The summed E-state index contributed by atoms with van der Waals surface area (Å²) in [6.45, 7) is 9.50. The summed E-state index contributed by atoms with van der Waals surface area (Å²) in [6.07, 6.45) is 1.32. The molecule has 0 aliphatic carbocycles. The molecule has 35 heavy (non-hydrogen) atoms. The average Bonchev–Trinajstić information content (AvgIpc) is 2.76. The molecule has 0 spiro atoms. The van der Waals surface area contributed by atoms with E-state index in [0.29, 0.717) is 43.3 Å². The van der Waals surface area contributed by atoms with Crippen LogP contribution in [0.15, 0.2) is 41.3 Å². The summed E-state index contributed by atoms with van der Waals surface area (Å²) in [5.74, 6) is -2.68. The molecule has 0 bridgehead atoms. The van der Waals surface area contributed by atoms with Crippen LogP contribution in [-0.4, -0.2) is 38.4 Å². The predicted molar refractivity (Wildman–Crippen MR) is 131 cm³/mol. The van der Waals surface area contributed by atoms with Crippen LogP contribution in [0.25, 0.3) is 11.0 Å². The van der Waals surface area contributed by atoms with Gasteiger partial charge in [-0.3, -0.25) is 14.3 Å². The second-order valence-electron chi connectivity index (χ2n) is 10.6. The van der Waals surface area contributed by atoms with Crippen LogP contribution in [0.4, 0.5) is 19.1 Å². The number of hydrogen-bond donors (Lipinski definition) is 1. The molecule has 1 unspecified atom stereocenters. The Hall–Kier alpha value is -2.94. The molecule has 9 heteroatoms. The van der Waals surface area contributed by atoms with Crippen molar-refractivity contribution in [3.8, 4) is 0 Å². The molecule has 188 valence electrons. The fourth-order valence-corrected chi connectivity index (χ4v) is 4.36. The number of halogens is 3. The second kappa shape index (κ2) is 9.60. The molecule has 1 saturated heterocycles. The average molecular weight is 488 g/mol. The van der Waals surface area contributed by atoms with Crippen LogP contribution in [0.5, 0.6) is 0 Å². The van der Waals surface area contributed by atoms with Crippen LogP contribution < -0.4 is 10.9 Å². The van der Waals surface area contributed by atoms with Crippen LogP contribution in [0.3, 0.4) is 0 Å². The fourth-order valence-electron chi connectivity index (χ4n) is 4.36.